The van der Waals surface area contributed by atoms with Gasteiger partial charge in [0.1, 0.15) is 6.54 Å². The Morgan fingerprint density at radius 1 is 0.897 bits per heavy atom. The molecule has 0 spiro atoms. The molecule has 0 bridgehead atoms. The first-order valence-corrected chi connectivity index (χ1v) is 11.6. The number of nitrogens with zero attached hydrogens (tertiary/aromatic N) is 1. The molecule has 0 unspecified atom stereocenters. The number of carbonyl (C=O) groups excluding carboxylic acids is 1. The topological polar surface area (TPSA) is 66.5 Å². The second-order valence-electron chi connectivity index (χ2n) is 6.97. The Kier molecular flexibility index (Phi) is 6.23. The van der Waals surface area contributed by atoms with Crippen molar-refractivity contribution < 1.29 is 13.2 Å². The number of nitrogens with one attached hydrogen (secondary N) is 1. The van der Waals surface area contributed by atoms with E-state index in [0.717, 1.165) is 46.7 Å². The molecule has 0 saturated carbocycles. The third-order valence-corrected chi connectivity index (χ3v) is 6.11. The van der Waals surface area contributed by atoms with Crippen LogP contribution in [-0.4, -0.2) is 27.1 Å². The van der Waals surface area contributed by atoms with E-state index in [0.29, 0.717) is 5.69 Å². The smallest absolute Gasteiger partial charge is 0.245 e. The number of benzene rings is 3. The number of anilines is 2. The molecule has 1 amide bonds. The van der Waals surface area contributed by atoms with Crippen molar-refractivity contribution in [1.29, 1.82) is 0 Å². The summed E-state index contributed by atoms with van der Waals surface area (Å²) >= 11 is 0. The molecule has 3 rings (SSSR count). The van der Waals surface area contributed by atoms with Crippen molar-refractivity contribution in [3.8, 4) is 0 Å². The zero-order valence-corrected chi connectivity index (χ0v) is 17.8. The van der Waals surface area contributed by atoms with Gasteiger partial charge in [-0.2, -0.15) is 0 Å². The number of rotatable bonds is 7. The van der Waals surface area contributed by atoms with E-state index in [4.69, 9.17) is 0 Å². The van der Waals surface area contributed by atoms with E-state index >= 15 is 0 Å². The van der Waals surface area contributed by atoms with Crippen LogP contribution in [0.4, 0.5) is 11.4 Å². The van der Waals surface area contributed by atoms with Crippen molar-refractivity contribution in [3.63, 3.8) is 0 Å². The van der Waals surface area contributed by atoms with Gasteiger partial charge in [-0.05, 0) is 35.4 Å². The third-order valence-electron chi connectivity index (χ3n) is 4.99. The molecule has 0 aromatic heterocycles. The predicted molar refractivity (Wildman–Crippen MR) is 120 cm³/mol. The van der Waals surface area contributed by atoms with Gasteiger partial charge in [0.2, 0.25) is 15.9 Å². The van der Waals surface area contributed by atoms with Gasteiger partial charge in [-0.1, -0.05) is 68.4 Å². The summed E-state index contributed by atoms with van der Waals surface area (Å²) in [6.07, 6.45) is 2.69. The maximum absolute atomic E-state index is 12.9. The lowest BCUT2D eigenvalue weighted by atomic mass is 10.0. The second-order valence-corrected chi connectivity index (χ2v) is 8.88. The van der Waals surface area contributed by atoms with Crippen LogP contribution >= 0.6 is 0 Å². The molecule has 0 radical (unpaired) electrons. The fourth-order valence-electron chi connectivity index (χ4n) is 3.52. The van der Waals surface area contributed by atoms with Crippen LogP contribution in [0.1, 0.15) is 25.0 Å². The average molecular weight is 411 g/mol. The predicted octanol–water partition coefficient (Wildman–Crippen LogP) is 4.37. The Hall–Kier alpha value is -2.86. The number of amides is 1. The normalized spacial score (nSPS) is 11.4. The van der Waals surface area contributed by atoms with Crippen LogP contribution < -0.4 is 9.62 Å². The Morgan fingerprint density at radius 3 is 2.10 bits per heavy atom. The lowest BCUT2D eigenvalue weighted by molar-refractivity contribution is -0.114. The van der Waals surface area contributed by atoms with Crippen LogP contribution in [-0.2, 0) is 27.7 Å². The first-order valence-electron chi connectivity index (χ1n) is 9.71. The highest BCUT2D eigenvalue weighted by Crippen LogP contribution is 2.29. The minimum atomic E-state index is -3.66. The van der Waals surface area contributed by atoms with Gasteiger partial charge in [0, 0.05) is 11.1 Å². The summed E-state index contributed by atoms with van der Waals surface area (Å²) in [6.45, 7) is 3.78. The Balaban J connectivity index is 1.96. The van der Waals surface area contributed by atoms with Gasteiger partial charge in [0.05, 0.1) is 11.9 Å². The number of carbonyl (C=O) groups is 1. The number of sulfonamides is 1. The van der Waals surface area contributed by atoms with Gasteiger partial charge in [0.25, 0.3) is 0 Å². The maximum atomic E-state index is 12.9. The molecule has 0 saturated heterocycles. The fraction of sp³-hybridized carbons (Fsp3) is 0.261. The Bertz CT molecular complexity index is 1110. The van der Waals surface area contributed by atoms with Crippen LogP contribution in [0.15, 0.2) is 60.7 Å². The number of hydrogen-bond donors (Lipinski definition) is 1. The van der Waals surface area contributed by atoms with Gasteiger partial charge >= 0.3 is 0 Å². The van der Waals surface area contributed by atoms with E-state index in [1.165, 1.54) is 4.31 Å². The molecule has 152 valence electrons. The molecule has 0 aliphatic carbocycles. The SMILES string of the molecule is CCc1cccc(CC)c1NC(=O)CN(c1cccc2ccccc12)S(C)(=O)=O. The third kappa shape index (κ3) is 4.59. The summed E-state index contributed by atoms with van der Waals surface area (Å²) in [7, 11) is -3.66. The number of fused-ring (bicyclic) bond motifs is 1. The molecular weight excluding hydrogens is 384 g/mol. The monoisotopic (exact) mass is 410 g/mol. The highest BCUT2D eigenvalue weighted by atomic mass is 32.2. The summed E-state index contributed by atoms with van der Waals surface area (Å²) in [5.74, 6) is -0.362. The molecule has 0 aliphatic rings. The summed E-state index contributed by atoms with van der Waals surface area (Å²) in [5, 5.41) is 4.66. The van der Waals surface area contributed by atoms with Crippen LogP contribution in [0.3, 0.4) is 0 Å². The molecule has 29 heavy (non-hydrogen) atoms. The van der Waals surface area contributed by atoms with Gasteiger partial charge in [-0.15, -0.1) is 0 Å². The van der Waals surface area contributed by atoms with Gasteiger partial charge < -0.3 is 5.32 Å². The first-order chi connectivity index (χ1) is 13.8. The van der Waals surface area contributed by atoms with Crippen molar-refractivity contribution in [2.75, 3.05) is 22.4 Å². The van der Waals surface area contributed by atoms with Gasteiger partial charge in [-0.3, -0.25) is 9.10 Å². The largest absolute Gasteiger partial charge is 0.324 e. The van der Waals surface area contributed by atoms with Crippen LogP contribution in [0.25, 0.3) is 10.8 Å². The zero-order valence-electron chi connectivity index (χ0n) is 17.0. The molecule has 0 atom stereocenters. The summed E-state index contributed by atoms with van der Waals surface area (Å²) in [6, 6.07) is 18.9. The summed E-state index contributed by atoms with van der Waals surface area (Å²) < 4.78 is 26.3. The number of aryl methyl sites for hydroxylation is 2. The summed E-state index contributed by atoms with van der Waals surface area (Å²) in [5.41, 5.74) is 3.36. The Morgan fingerprint density at radius 2 is 1.48 bits per heavy atom. The standard InChI is InChI=1S/C23H26N2O3S/c1-4-17-11-8-12-18(5-2)23(17)24-22(26)16-25(29(3,27)28)21-15-9-13-19-10-6-7-14-20(19)21/h6-15H,4-5,16H2,1-3H3,(H,24,26). The van der Waals surface area contributed by atoms with Crippen molar-refractivity contribution in [2.24, 2.45) is 0 Å². The van der Waals surface area contributed by atoms with E-state index in [-0.39, 0.29) is 12.5 Å². The maximum Gasteiger partial charge on any atom is 0.245 e. The molecule has 0 heterocycles. The Labute approximate surface area is 172 Å². The quantitative estimate of drug-likeness (QED) is 0.629. The van der Waals surface area contributed by atoms with Crippen molar-refractivity contribution >= 4 is 38.1 Å². The van der Waals surface area contributed by atoms with E-state index in [9.17, 15) is 13.2 Å². The molecule has 0 aliphatic heterocycles. The number of hydrogen-bond acceptors (Lipinski definition) is 3. The van der Waals surface area contributed by atoms with E-state index in [2.05, 4.69) is 5.32 Å². The van der Waals surface area contributed by atoms with Gasteiger partial charge in [-0.25, -0.2) is 8.42 Å². The molecule has 6 heteroatoms. The first kappa shape index (κ1) is 20.9. The van der Waals surface area contributed by atoms with Gasteiger partial charge in [0.15, 0.2) is 0 Å². The fourth-order valence-corrected chi connectivity index (χ4v) is 4.39. The van der Waals surface area contributed by atoms with Crippen molar-refractivity contribution in [3.05, 3.63) is 71.8 Å². The minimum absolute atomic E-state index is 0.284. The molecule has 1 N–H and O–H groups in total. The van der Waals surface area contributed by atoms with Crippen molar-refractivity contribution in [2.45, 2.75) is 26.7 Å². The molecule has 5 nitrogen and oxygen atoms in total. The molecule has 3 aromatic rings. The zero-order chi connectivity index (χ0) is 21.0. The molecule has 0 fully saturated rings. The average Bonchev–Trinajstić information content (AvgIpc) is 2.71. The lowest BCUT2D eigenvalue weighted by Gasteiger charge is -2.24. The molecular formula is C23H26N2O3S. The molecule has 3 aromatic carbocycles. The minimum Gasteiger partial charge on any atom is -0.324 e. The summed E-state index contributed by atoms with van der Waals surface area (Å²) in [4.78, 5) is 12.9. The lowest BCUT2D eigenvalue weighted by Crippen LogP contribution is -2.37. The van der Waals surface area contributed by atoms with Crippen LogP contribution in [0, 0.1) is 0 Å². The highest BCUT2D eigenvalue weighted by molar-refractivity contribution is 7.92. The highest BCUT2D eigenvalue weighted by Gasteiger charge is 2.23. The van der Waals surface area contributed by atoms with E-state index in [1.807, 2.05) is 62.4 Å². The van der Waals surface area contributed by atoms with E-state index in [1.54, 1.807) is 12.1 Å². The van der Waals surface area contributed by atoms with Crippen molar-refractivity contribution in [1.82, 2.24) is 0 Å². The van der Waals surface area contributed by atoms with Crippen LogP contribution in [0.5, 0.6) is 0 Å². The number of para-hydroxylation sites is 1. The van der Waals surface area contributed by atoms with E-state index < -0.39 is 10.0 Å². The second kappa shape index (κ2) is 8.66. The van der Waals surface area contributed by atoms with Crippen LogP contribution in [0.2, 0.25) is 0 Å².